The van der Waals surface area contributed by atoms with Gasteiger partial charge < -0.3 is 4.90 Å². The van der Waals surface area contributed by atoms with Gasteiger partial charge in [-0.05, 0) is 52.5 Å². The Bertz CT molecular complexity index is 424. The van der Waals surface area contributed by atoms with E-state index in [4.69, 9.17) is 0 Å². The minimum absolute atomic E-state index is 0.115. The molecule has 0 spiro atoms. The largest absolute Gasteiger partial charge is 0.337 e. The molecule has 0 saturated heterocycles. The third kappa shape index (κ3) is 2.99. The Balaban J connectivity index is 2.14. The van der Waals surface area contributed by atoms with Crippen LogP contribution < -0.4 is 0 Å². The SMILES string of the molecule is CC(C)N(C(=O)C1(Cc2ccccc2)CC1)C(C)C. The Kier molecular flexibility index (Phi) is 3.98. The average Bonchev–Trinajstić information content (AvgIpc) is 3.10. The Hall–Kier alpha value is -1.31. The summed E-state index contributed by atoms with van der Waals surface area (Å²) >= 11 is 0. The van der Waals surface area contributed by atoms with Gasteiger partial charge in [-0.2, -0.15) is 0 Å². The molecule has 1 aromatic rings. The Morgan fingerprint density at radius 3 is 2.05 bits per heavy atom. The van der Waals surface area contributed by atoms with Gasteiger partial charge in [-0.1, -0.05) is 30.3 Å². The normalized spacial score (nSPS) is 16.7. The van der Waals surface area contributed by atoms with Crippen LogP contribution in [0.2, 0.25) is 0 Å². The van der Waals surface area contributed by atoms with Crippen LogP contribution in [0.25, 0.3) is 0 Å². The van der Waals surface area contributed by atoms with Crippen molar-refractivity contribution in [3.8, 4) is 0 Å². The maximum absolute atomic E-state index is 12.8. The molecule has 1 aliphatic rings. The van der Waals surface area contributed by atoms with Crippen LogP contribution in [0.15, 0.2) is 30.3 Å². The molecule has 2 heteroatoms. The van der Waals surface area contributed by atoms with E-state index in [1.54, 1.807) is 0 Å². The molecular weight excluding hydrogens is 234 g/mol. The summed E-state index contributed by atoms with van der Waals surface area (Å²) in [5, 5.41) is 0. The number of rotatable bonds is 5. The Morgan fingerprint density at radius 2 is 1.63 bits per heavy atom. The van der Waals surface area contributed by atoms with Crippen molar-refractivity contribution in [3.63, 3.8) is 0 Å². The molecule has 0 aromatic heterocycles. The van der Waals surface area contributed by atoms with Gasteiger partial charge in [0.15, 0.2) is 0 Å². The molecule has 2 nitrogen and oxygen atoms in total. The van der Waals surface area contributed by atoms with Crippen molar-refractivity contribution in [2.75, 3.05) is 0 Å². The highest BCUT2D eigenvalue weighted by molar-refractivity contribution is 5.86. The molecule has 0 bridgehead atoms. The molecular formula is C17H25NO. The maximum Gasteiger partial charge on any atom is 0.229 e. The zero-order valence-electron chi connectivity index (χ0n) is 12.5. The van der Waals surface area contributed by atoms with Gasteiger partial charge in [0.05, 0.1) is 5.41 Å². The van der Waals surface area contributed by atoms with Crippen molar-refractivity contribution in [2.45, 2.75) is 59.0 Å². The van der Waals surface area contributed by atoms with Crippen LogP contribution in [0.4, 0.5) is 0 Å². The summed E-state index contributed by atoms with van der Waals surface area (Å²) in [5.74, 6) is 0.348. The van der Waals surface area contributed by atoms with E-state index in [1.807, 2.05) is 6.07 Å². The predicted molar refractivity (Wildman–Crippen MR) is 78.9 cm³/mol. The van der Waals surface area contributed by atoms with Crippen LogP contribution in [0.3, 0.4) is 0 Å². The van der Waals surface area contributed by atoms with Crippen molar-refractivity contribution in [3.05, 3.63) is 35.9 Å². The zero-order chi connectivity index (χ0) is 14.0. The average molecular weight is 259 g/mol. The first-order valence-corrected chi connectivity index (χ1v) is 7.33. The van der Waals surface area contributed by atoms with Gasteiger partial charge in [0.25, 0.3) is 0 Å². The number of hydrogen-bond donors (Lipinski definition) is 0. The Labute approximate surface area is 116 Å². The first-order chi connectivity index (χ1) is 8.96. The number of nitrogens with zero attached hydrogens (tertiary/aromatic N) is 1. The zero-order valence-corrected chi connectivity index (χ0v) is 12.5. The summed E-state index contributed by atoms with van der Waals surface area (Å²) < 4.78 is 0. The second-order valence-corrected chi connectivity index (χ2v) is 6.34. The first kappa shape index (κ1) is 14.1. The quantitative estimate of drug-likeness (QED) is 0.790. The third-order valence-corrected chi connectivity index (χ3v) is 4.04. The number of amides is 1. The fourth-order valence-electron chi connectivity index (χ4n) is 2.94. The van der Waals surface area contributed by atoms with Crippen LogP contribution >= 0.6 is 0 Å². The van der Waals surface area contributed by atoms with E-state index in [0.717, 1.165) is 19.3 Å². The lowest BCUT2D eigenvalue weighted by Gasteiger charge is -2.34. The molecule has 19 heavy (non-hydrogen) atoms. The van der Waals surface area contributed by atoms with Crippen LogP contribution in [-0.2, 0) is 11.2 Å². The maximum atomic E-state index is 12.8. The molecule has 1 aromatic carbocycles. The molecule has 1 aliphatic carbocycles. The van der Waals surface area contributed by atoms with E-state index in [2.05, 4.69) is 56.9 Å². The predicted octanol–water partition coefficient (Wildman–Crippen LogP) is 3.65. The lowest BCUT2D eigenvalue weighted by molar-refractivity contribution is -0.140. The summed E-state index contributed by atoms with van der Waals surface area (Å²) in [6.07, 6.45) is 2.97. The highest BCUT2D eigenvalue weighted by Crippen LogP contribution is 2.50. The van der Waals surface area contributed by atoms with Gasteiger partial charge in [-0.3, -0.25) is 4.79 Å². The molecule has 0 N–H and O–H groups in total. The van der Waals surface area contributed by atoms with Crippen LogP contribution in [0, 0.1) is 5.41 Å². The van der Waals surface area contributed by atoms with E-state index in [9.17, 15) is 4.79 Å². The highest BCUT2D eigenvalue weighted by atomic mass is 16.2. The second kappa shape index (κ2) is 5.36. The summed E-state index contributed by atoms with van der Waals surface area (Å²) in [5.41, 5.74) is 1.16. The number of carbonyl (C=O) groups is 1. The highest BCUT2D eigenvalue weighted by Gasteiger charge is 2.52. The second-order valence-electron chi connectivity index (χ2n) is 6.34. The molecule has 2 rings (SSSR count). The van der Waals surface area contributed by atoms with Gasteiger partial charge in [0.2, 0.25) is 5.91 Å². The first-order valence-electron chi connectivity index (χ1n) is 7.33. The molecule has 0 aliphatic heterocycles. The standard InChI is InChI=1S/C17H25NO/c1-13(2)18(14(3)4)16(19)17(10-11-17)12-15-8-6-5-7-9-15/h5-9,13-14H,10-12H2,1-4H3. The molecule has 1 fully saturated rings. The smallest absolute Gasteiger partial charge is 0.229 e. The third-order valence-electron chi connectivity index (χ3n) is 4.04. The van der Waals surface area contributed by atoms with Gasteiger partial charge in [-0.15, -0.1) is 0 Å². The molecule has 0 radical (unpaired) electrons. The number of benzene rings is 1. The number of hydrogen-bond acceptors (Lipinski definition) is 1. The monoisotopic (exact) mass is 259 g/mol. The van der Waals surface area contributed by atoms with Crippen molar-refractivity contribution >= 4 is 5.91 Å². The lowest BCUT2D eigenvalue weighted by Crippen LogP contribution is -2.46. The van der Waals surface area contributed by atoms with E-state index in [-0.39, 0.29) is 17.5 Å². The van der Waals surface area contributed by atoms with E-state index in [1.165, 1.54) is 5.56 Å². The van der Waals surface area contributed by atoms with Crippen LogP contribution in [0.5, 0.6) is 0 Å². The molecule has 0 unspecified atom stereocenters. The molecule has 104 valence electrons. The van der Waals surface area contributed by atoms with Gasteiger partial charge in [-0.25, -0.2) is 0 Å². The fraction of sp³-hybridized carbons (Fsp3) is 0.588. The summed E-state index contributed by atoms with van der Waals surface area (Å²) in [6.45, 7) is 8.43. The molecule has 1 amide bonds. The minimum Gasteiger partial charge on any atom is -0.337 e. The topological polar surface area (TPSA) is 20.3 Å². The molecule has 1 saturated carbocycles. The van der Waals surface area contributed by atoms with E-state index < -0.39 is 0 Å². The number of carbonyl (C=O) groups excluding carboxylic acids is 1. The summed E-state index contributed by atoms with van der Waals surface area (Å²) in [4.78, 5) is 14.9. The Morgan fingerprint density at radius 1 is 1.11 bits per heavy atom. The van der Waals surface area contributed by atoms with Crippen molar-refractivity contribution in [1.29, 1.82) is 0 Å². The van der Waals surface area contributed by atoms with Crippen molar-refractivity contribution in [1.82, 2.24) is 4.90 Å². The van der Waals surface area contributed by atoms with Gasteiger partial charge in [0, 0.05) is 12.1 Å². The van der Waals surface area contributed by atoms with Gasteiger partial charge in [0.1, 0.15) is 0 Å². The fourth-order valence-corrected chi connectivity index (χ4v) is 2.94. The minimum atomic E-state index is -0.115. The molecule has 0 heterocycles. The van der Waals surface area contributed by atoms with Crippen molar-refractivity contribution < 1.29 is 4.79 Å². The lowest BCUT2D eigenvalue weighted by atomic mass is 9.94. The van der Waals surface area contributed by atoms with Crippen molar-refractivity contribution in [2.24, 2.45) is 5.41 Å². The summed E-state index contributed by atoms with van der Waals surface area (Å²) in [7, 11) is 0. The summed E-state index contributed by atoms with van der Waals surface area (Å²) in [6, 6.07) is 10.9. The molecule has 0 atom stereocenters. The van der Waals surface area contributed by atoms with Crippen LogP contribution in [0.1, 0.15) is 46.1 Å². The van der Waals surface area contributed by atoms with Gasteiger partial charge >= 0.3 is 0 Å². The van der Waals surface area contributed by atoms with E-state index >= 15 is 0 Å². The van der Waals surface area contributed by atoms with Crippen LogP contribution in [-0.4, -0.2) is 22.9 Å². The van der Waals surface area contributed by atoms with E-state index in [0.29, 0.717) is 5.91 Å².